The Kier molecular flexibility index (Phi) is 4.71. The van der Waals surface area contributed by atoms with Gasteiger partial charge in [-0.2, -0.15) is 0 Å². The van der Waals surface area contributed by atoms with Gasteiger partial charge in [-0.05, 0) is 42.2 Å². The van der Waals surface area contributed by atoms with Crippen LogP contribution in [-0.2, 0) is 17.6 Å². The first-order chi connectivity index (χ1) is 13.1. The summed E-state index contributed by atoms with van der Waals surface area (Å²) in [5, 5.41) is 6.48. The van der Waals surface area contributed by atoms with E-state index in [1.54, 1.807) is 6.07 Å². The lowest BCUT2D eigenvalue weighted by Crippen LogP contribution is -2.38. The molecule has 2 aliphatic rings. The zero-order chi connectivity index (χ0) is 18.8. The van der Waals surface area contributed by atoms with Crippen LogP contribution >= 0.6 is 0 Å². The molecular weight excluding hydrogens is 340 g/mol. The van der Waals surface area contributed by atoms with Crippen LogP contribution in [0.25, 0.3) is 0 Å². The van der Waals surface area contributed by atoms with Crippen LogP contribution in [0.2, 0.25) is 0 Å². The highest BCUT2D eigenvalue weighted by Gasteiger charge is 2.26. The van der Waals surface area contributed by atoms with E-state index >= 15 is 0 Å². The van der Waals surface area contributed by atoms with Gasteiger partial charge in [0.25, 0.3) is 5.91 Å². The zero-order valence-electron chi connectivity index (χ0n) is 15.2. The van der Waals surface area contributed by atoms with Crippen LogP contribution in [0.4, 0.5) is 11.4 Å². The normalized spacial score (nSPS) is 18.1. The molecule has 27 heavy (non-hydrogen) atoms. The number of nitrogens with one attached hydrogen (secondary N) is 2. The Morgan fingerprint density at radius 2 is 2.07 bits per heavy atom. The number of primary amides is 1. The van der Waals surface area contributed by atoms with Crippen molar-refractivity contribution >= 4 is 23.2 Å². The van der Waals surface area contributed by atoms with Crippen LogP contribution < -0.4 is 21.3 Å². The molecule has 2 amide bonds. The van der Waals surface area contributed by atoms with Crippen molar-refractivity contribution in [1.82, 2.24) is 5.32 Å². The molecule has 2 heterocycles. The summed E-state index contributed by atoms with van der Waals surface area (Å²) >= 11 is 0. The van der Waals surface area contributed by atoms with Gasteiger partial charge in [-0.1, -0.05) is 24.3 Å². The smallest absolute Gasteiger partial charge is 0.250 e. The van der Waals surface area contributed by atoms with Crippen molar-refractivity contribution in [3.05, 3.63) is 59.2 Å². The summed E-state index contributed by atoms with van der Waals surface area (Å²) in [5.41, 5.74) is 10.3. The lowest BCUT2D eigenvalue weighted by molar-refractivity contribution is -0.121. The predicted molar refractivity (Wildman–Crippen MR) is 106 cm³/mol. The lowest BCUT2D eigenvalue weighted by Gasteiger charge is -2.21. The summed E-state index contributed by atoms with van der Waals surface area (Å²) in [7, 11) is 0. The Hall–Kier alpha value is -3.02. The molecule has 4 rings (SSSR count). The van der Waals surface area contributed by atoms with E-state index in [1.165, 1.54) is 5.56 Å². The van der Waals surface area contributed by atoms with Gasteiger partial charge in [0.1, 0.15) is 0 Å². The topological polar surface area (TPSA) is 87.5 Å². The number of benzene rings is 2. The SMILES string of the molecule is NC(=O)c1ccccc1N1CCC(NC(=O)Cc2ccc3c(c2)NCC3)C1. The summed E-state index contributed by atoms with van der Waals surface area (Å²) in [6.45, 7) is 2.44. The van der Waals surface area contributed by atoms with Crippen LogP contribution in [0.5, 0.6) is 0 Å². The Bertz CT molecular complexity index is 880. The molecule has 0 radical (unpaired) electrons. The summed E-state index contributed by atoms with van der Waals surface area (Å²) in [5.74, 6) is -0.397. The summed E-state index contributed by atoms with van der Waals surface area (Å²) in [6, 6.07) is 13.6. The molecule has 140 valence electrons. The fourth-order valence-corrected chi connectivity index (χ4v) is 3.97. The van der Waals surface area contributed by atoms with E-state index in [9.17, 15) is 9.59 Å². The van der Waals surface area contributed by atoms with Gasteiger partial charge in [0.05, 0.1) is 12.0 Å². The second-order valence-electron chi connectivity index (χ2n) is 7.23. The molecule has 1 saturated heterocycles. The fourth-order valence-electron chi connectivity index (χ4n) is 3.97. The number of hydrogen-bond acceptors (Lipinski definition) is 4. The molecule has 2 aliphatic heterocycles. The largest absolute Gasteiger partial charge is 0.384 e. The Morgan fingerprint density at radius 1 is 1.22 bits per heavy atom. The number of amides is 2. The lowest BCUT2D eigenvalue weighted by atomic mass is 10.1. The van der Waals surface area contributed by atoms with E-state index in [0.29, 0.717) is 18.5 Å². The van der Waals surface area contributed by atoms with E-state index in [-0.39, 0.29) is 11.9 Å². The average Bonchev–Trinajstić information content (AvgIpc) is 3.30. The highest BCUT2D eigenvalue weighted by atomic mass is 16.2. The molecule has 0 saturated carbocycles. The summed E-state index contributed by atoms with van der Waals surface area (Å²) in [6.07, 6.45) is 2.28. The molecule has 6 heteroatoms. The first-order valence-corrected chi connectivity index (χ1v) is 9.39. The average molecular weight is 364 g/mol. The summed E-state index contributed by atoms with van der Waals surface area (Å²) in [4.78, 5) is 26.2. The number of carbonyl (C=O) groups is 2. The molecule has 6 nitrogen and oxygen atoms in total. The van der Waals surface area contributed by atoms with Gasteiger partial charge in [-0.15, -0.1) is 0 Å². The van der Waals surface area contributed by atoms with E-state index in [4.69, 9.17) is 5.73 Å². The molecule has 1 unspecified atom stereocenters. The molecule has 0 bridgehead atoms. The molecule has 2 aromatic carbocycles. The first-order valence-electron chi connectivity index (χ1n) is 9.39. The van der Waals surface area contributed by atoms with Crippen molar-refractivity contribution < 1.29 is 9.59 Å². The third-order valence-electron chi connectivity index (χ3n) is 5.31. The number of hydrogen-bond donors (Lipinski definition) is 3. The van der Waals surface area contributed by atoms with Crippen LogP contribution in [0, 0.1) is 0 Å². The van der Waals surface area contributed by atoms with Crippen molar-refractivity contribution in [2.24, 2.45) is 5.73 Å². The number of carbonyl (C=O) groups excluding carboxylic acids is 2. The maximum atomic E-state index is 12.5. The molecule has 0 aliphatic carbocycles. The van der Waals surface area contributed by atoms with Crippen LogP contribution in [0.1, 0.15) is 27.9 Å². The van der Waals surface area contributed by atoms with Crippen molar-refractivity contribution in [2.75, 3.05) is 29.9 Å². The van der Waals surface area contributed by atoms with Gasteiger partial charge in [-0.3, -0.25) is 9.59 Å². The zero-order valence-corrected chi connectivity index (χ0v) is 15.2. The second-order valence-corrected chi connectivity index (χ2v) is 7.23. The second kappa shape index (κ2) is 7.31. The Labute approximate surface area is 158 Å². The predicted octanol–water partition coefficient (Wildman–Crippen LogP) is 1.69. The number of rotatable bonds is 5. The molecular formula is C21H24N4O2. The summed E-state index contributed by atoms with van der Waals surface area (Å²) < 4.78 is 0. The van der Waals surface area contributed by atoms with Crippen molar-refractivity contribution in [2.45, 2.75) is 25.3 Å². The van der Waals surface area contributed by atoms with E-state index in [1.807, 2.05) is 24.3 Å². The van der Waals surface area contributed by atoms with Crippen molar-refractivity contribution in [1.29, 1.82) is 0 Å². The highest BCUT2D eigenvalue weighted by Crippen LogP contribution is 2.25. The minimum Gasteiger partial charge on any atom is -0.384 e. The molecule has 4 N–H and O–H groups in total. The van der Waals surface area contributed by atoms with Gasteiger partial charge >= 0.3 is 0 Å². The fraction of sp³-hybridized carbons (Fsp3) is 0.333. The van der Waals surface area contributed by atoms with Gasteiger partial charge < -0.3 is 21.3 Å². The van der Waals surface area contributed by atoms with Gasteiger partial charge in [0.2, 0.25) is 5.91 Å². The van der Waals surface area contributed by atoms with Gasteiger partial charge in [0.15, 0.2) is 0 Å². The standard InChI is InChI=1S/C21H24N4O2/c22-21(27)17-3-1-2-4-19(17)25-10-8-16(13-25)24-20(26)12-14-5-6-15-7-9-23-18(15)11-14/h1-6,11,16,23H,7-10,12-13H2,(H2,22,27)(H,24,26). The quantitative estimate of drug-likeness (QED) is 0.753. The number of fused-ring (bicyclic) bond motifs is 1. The van der Waals surface area contributed by atoms with E-state index < -0.39 is 5.91 Å². The number of nitrogens with two attached hydrogens (primary N) is 1. The third-order valence-corrected chi connectivity index (χ3v) is 5.31. The van der Waals surface area contributed by atoms with Crippen LogP contribution in [0.3, 0.4) is 0 Å². The maximum Gasteiger partial charge on any atom is 0.250 e. The third kappa shape index (κ3) is 3.74. The number of nitrogens with zero attached hydrogens (tertiary/aromatic N) is 1. The minimum atomic E-state index is -0.427. The first kappa shape index (κ1) is 17.4. The number of anilines is 2. The Balaban J connectivity index is 1.36. The minimum absolute atomic E-state index is 0.0305. The molecule has 1 atom stereocenters. The number of para-hydroxylation sites is 1. The molecule has 0 spiro atoms. The van der Waals surface area contributed by atoms with Crippen LogP contribution in [0.15, 0.2) is 42.5 Å². The highest BCUT2D eigenvalue weighted by molar-refractivity contribution is 5.98. The van der Waals surface area contributed by atoms with E-state index in [0.717, 1.165) is 42.9 Å². The van der Waals surface area contributed by atoms with Crippen molar-refractivity contribution in [3.8, 4) is 0 Å². The maximum absolute atomic E-state index is 12.5. The molecule has 0 aromatic heterocycles. The monoisotopic (exact) mass is 364 g/mol. The van der Waals surface area contributed by atoms with Gasteiger partial charge in [0, 0.05) is 37.1 Å². The molecule has 2 aromatic rings. The van der Waals surface area contributed by atoms with E-state index in [2.05, 4.69) is 27.7 Å². The molecule has 1 fully saturated rings. The Morgan fingerprint density at radius 3 is 2.93 bits per heavy atom. The van der Waals surface area contributed by atoms with Crippen molar-refractivity contribution in [3.63, 3.8) is 0 Å². The van der Waals surface area contributed by atoms with Gasteiger partial charge in [-0.25, -0.2) is 0 Å². The van der Waals surface area contributed by atoms with Crippen LogP contribution in [-0.4, -0.2) is 37.5 Å².